The molecular formula is C20H25N3O3. The van der Waals surface area contributed by atoms with Crippen molar-refractivity contribution < 1.29 is 14.3 Å². The summed E-state index contributed by atoms with van der Waals surface area (Å²) in [5.74, 6) is 0.550. The fourth-order valence-electron chi connectivity index (χ4n) is 2.50. The normalized spacial score (nSPS) is 10.2. The van der Waals surface area contributed by atoms with Crippen molar-refractivity contribution in [3.63, 3.8) is 0 Å². The lowest BCUT2D eigenvalue weighted by atomic mass is 10.1. The number of unbranched alkanes of at least 4 members (excludes halogenated alkanes) is 2. The van der Waals surface area contributed by atoms with Crippen molar-refractivity contribution in [1.82, 2.24) is 0 Å². The van der Waals surface area contributed by atoms with E-state index in [9.17, 15) is 9.59 Å². The van der Waals surface area contributed by atoms with Gasteiger partial charge in [-0.05, 0) is 49.2 Å². The van der Waals surface area contributed by atoms with Crippen molar-refractivity contribution in [2.45, 2.75) is 32.1 Å². The number of rotatable bonds is 9. The van der Waals surface area contributed by atoms with Gasteiger partial charge in [-0.1, -0.05) is 18.6 Å². The molecule has 0 atom stereocenters. The summed E-state index contributed by atoms with van der Waals surface area (Å²) in [6.07, 6.45) is 3.13. The van der Waals surface area contributed by atoms with Gasteiger partial charge in [0.15, 0.2) is 0 Å². The molecule has 0 saturated carbocycles. The number of anilines is 3. The highest BCUT2D eigenvalue weighted by molar-refractivity contribution is 5.92. The van der Waals surface area contributed by atoms with Crippen LogP contribution in [0.15, 0.2) is 48.5 Å². The zero-order valence-electron chi connectivity index (χ0n) is 15.0. The highest BCUT2D eigenvalue weighted by Crippen LogP contribution is 2.23. The number of nitrogen functional groups attached to an aromatic ring is 1. The molecule has 2 aromatic rings. The third-order valence-electron chi connectivity index (χ3n) is 3.88. The fourth-order valence-corrected chi connectivity index (χ4v) is 2.50. The van der Waals surface area contributed by atoms with E-state index in [0.29, 0.717) is 30.0 Å². The molecule has 6 heteroatoms. The van der Waals surface area contributed by atoms with Crippen LogP contribution in [0.1, 0.15) is 32.1 Å². The molecule has 0 fully saturated rings. The number of amides is 2. The van der Waals surface area contributed by atoms with Gasteiger partial charge in [-0.15, -0.1) is 0 Å². The molecule has 0 unspecified atom stereocenters. The first-order valence-corrected chi connectivity index (χ1v) is 8.67. The van der Waals surface area contributed by atoms with E-state index in [4.69, 9.17) is 10.5 Å². The molecule has 26 heavy (non-hydrogen) atoms. The molecule has 0 aromatic heterocycles. The summed E-state index contributed by atoms with van der Waals surface area (Å²) >= 11 is 0. The fraction of sp³-hybridized carbons (Fsp3) is 0.300. The van der Waals surface area contributed by atoms with Crippen LogP contribution in [0.25, 0.3) is 0 Å². The van der Waals surface area contributed by atoms with Gasteiger partial charge in [0.1, 0.15) is 5.75 Å². The molecule has 0 bridgehead atoms. The minimum absolute atomic E-state index is 0.0340. The van der Waals surface area contributed by atoms with E-state index >= 15 is 0 Å². The third kappa shape index (κ3) is 6.47. The number of benzene rings is 2. The van der Waals surface area contributed by atoms with Crippen LogP contribution in [-0.2, 0) is 9.59 Å². The van der Waals surface area contributed by atoms with Crippen LogP contribution in [0.5, 0.6) is 5.75 Å². The average molecular weight is 355 g/mol. The van der Waals surface area contributed by atoms with Gasteiger partial charge < -0.3 is 21.1 Å². The smallest absolute Gasteiger partial charge is 0.224 e. The van der Waals surface area contributed by atoms with Crippen LogP contribution in [0.2, 0.25) is 0 Å². The summed E-state index contributed by atoms with van der Waals surface area (Å²) in [6, 6.07) is 14.3. The second-order valence-corrected chi connectivity index (χ2v) is 5.98. The second-order valence-electron chi connectivity index (χ2n) is 5.98. The van der Waals surface area contributed by atoms with E-state index in [1.807, 2.05) is 12.1 Å². The lowest BCUT2D eigenvalue weighted by Crippen LogP contribution is -2.12. The number of para-hydroxylation sites is 2. The Morgan fingerprint density at radius 3 is 2.15 bits per heavy atom. The maximum absolute atomic E-state index is 12.0. The Hall–Kier alpha value is -3.02. The van der Waals surface area contributed by atoms with Gasteiger partial charge >= 0.3 is 0 Å². The minimum atomic E-state index is -0.0548. The summed E-state index contributed by atoms with van der Waals surface area (Å²) in [4.78, 5) is 23.9. The molecule has 2 aromatic carbocycles. The Kier molecular flexibility index (Phi) is 7.49. The highest BCUT2D eigenvalue weighted by Gasteiger charge is 2.07. The van der Waals surface area contributed by atoms with E-state index in [-0.39, 0.29) is 11.8 Å². The zero-order chi connectivity index (χ0) is 18.8. The van der Waals surface area contributed by atoms with Gasteiger partial charge in [-0.3, -0.25) is 9.59 Å². The number of hydrogen-bond donors (Lipinski definition) is 3. The third-order valence-corrected chi connectivity index (χ3v) is 3.88. The maximum Gasteiger partial charge on any atom is 0.224 e. The molecule has 4 N–H and O–H groups in total. The van der Waals surface area contributed by atoms with Gasteiger partial charge in [0.05, 0.1) is 12.8 Å². The van der Waals surface area contributed by atoms with E-state index in [1.165, 1.54) is 0 Å². The number of carbonyl (C=O) groups excluding carboxylic acids is 2. The molecule has 0 aliphatic carbocycles. The van der Waals surface area contributed by atoms with Crippen LogP contribution < -0.4 is 21.1 Å². The van der Waals surface area contributed by atoms with Crippen molar-refractivity contribution in [3.8, 4) is 5.75 Å². The Morgan fingerprint density at radius 1 is 0.885 bits per heavy atom. The van der Waals surface area contributed by atoms with Crippen LogP contribution in [0.4, 0.5) is 17.1 Å². The van der Waals surface area contributed by atoms with E-state index < -0.39 is 0 Å². The van der Waals surface area contributed by atoms with Gasteiger partial charge in [0.25, 0.3) is 0 Å². The van der Waals surface area contributed by atoms with Crippen molar-refractivity contribution in [1.29, 1.82) is 0 Å². The Bertz CT molecular complexity index is 729. The molecule has 0 radical (unpaired) electrons. The van der Waals surface area contributed by atoms with Crippen molar-refractivity contribution in [2.75, 3.05) is 23.5 Å². The molecule has 0 heterocycles. The molecular weight excluding hydrogens is 330 g/mol. The van der Waals surface area contributed by atoms with Gasteiger partial charge in [0.2, 0.25) is 11.8 Å². The Morgan fingerprint density at radius 2 is 1.50 bits per heavy atom. The standard InChI is InChI=1S/C20H25N3O3/c1-26-18-8-6-5-7-17(18)23-20(25)10-4-2-3-9-19(24)22-16-13-11-15(21)12-14-16/h5-8,11-14H,2-4,9-10,21H2,1H3,(H,22,24)(H,23,25). The highest BCUT2D eigenvalue weighted by atomic mass is 16.5. The Labute approximate surface area is 153 Å². The largest absolute Gasteiger partial charge is 0.495 e. The van der Waals surface area contributed by atoms with E-state index in [2.05, 4.69) is 10.6 Å². The van der Waals surface area contributed by atoms with Crippen LogP contribution in [0.3, 0.4) is 0 Å². The number of carbonyl (C=O) groups is 2. The first kappa shape index (κ1) is 19.3. The summed E-state index contributed by atoms with van der Waals surface area (Å²) < 4.78 is 5.20. The zero-order valence-corrected chi connectivity index (χ0v) is 15.0. The quantitative estimate of drug-likeness (QED) is 0.471. The molecule has 0 aliphatic rings. The van der Waals surface area contributed by atoms with E-state index in [1.54, 1.807) is 43.5 Å². The molecule has 138 valence electrons. The Balaban J connectivity index is 1.61. The summed E-state index contributed by atoms with van der Waals surface area (Å²) in [5, 5.41) is 5.67. The average Bonchev–Trinajstić information content (AvgIpc) is 2.64. The molecule has 0 saturated heterocycles. The van der Waals surface area contributed by atoms with Crippen molar-refractivity contribution >= 4 is 28.9 Å². The lowest BCUT2D eigenvalue weighted by Gasteiger charge is -2.09. The molecule has 0 aliphatic heterocycles. The summed E-state index contributed by atoms with van der Waals surface area (Å²) in [7, 11) is 1.57. The second kappa shape index (κ2) is 10.1. The predicted molar refractivity (Wildman–Crippen MR) is 104 cm³/mol. The van der Waals surface area contributed by atoms with Crippen molar-refractivity contribution in [2.24, 2.45) is 0 Å². The number of nitrogens with one attached hydrogen (secondary N) is 2. The van der Waals surface area contributed by atoms with Crippen molar-refractivity contribution in [3.05, 3.63) is 48.5 Å². The first-order valence-electron chi connectivity index (χ1n) is 8.67. The van der Waals surface area contributed by atoms with E-state index in [0.717, 1.165) is 24.9 Å². The molecule has 2 amide bonds. The molecule has 2 rings (SSSR count). The predicted octanol–water partition coefficient (Wildman–Crippen LogP) is 3.81. The maximum atomic E-state index is 12.0. The summed E-state index contributed by atoms with van der Waals surface area (Å²) in [5.41, 5.74) is 7.68. The SMILES string of the molecule is COc1ccccc1NC(=O)CCCCCC(=O)Nc1ccc(N)cc1. The van der Waals surface area contributed by atoms with Gasteiger partial charge in [0, 0.05) is 24.2 Å². The first-order chi connectivity index (χ1) is 12.6. The minimum Gasteiger partial charge on any atom is -0.495 e. The van der Waals surface area contributed by atoms with Gasteiger partial charge in [-0.25, -0.2) is 0 Å². The van der Waals surface area contributed by atoms with Crippen LogP contribution in [-0.4, -0.2) is 18.9 Å². The number of methoxy groups -OCH3 is 1. The molecule has 6 nitrogen and oxygen atoms in total. The van der Waals surface area contributed by atoms with Crippen LogP contribution >= 0.6 is 0 Å². The van der Waals surface area contributed by atoms with Crippen LogP contribution in [0, 0.1) is 0 Å². The number of ether oxygens (including phenoxy) is 1. The van der Waals surface area contributed by atoms with Gasteiger partial charge in [-0.2, -0.15) is 0 Å². The monoisotopic (exact) mass is 355 g/mol. The number of nitrogens with two attached hydrogens (primary N) is 1. The number of hydrogen-bond acceptors (Lipinski definition) is 4. The topological polar surface area (TPSA) is 93.4 Å². The summed E-state index contributed by atoms with van der Waals surface area (Å²) in [6.45, 7) is 0. The lowest BCUT2D eigenvalue weighted by molar-refractivity contribution is -0.116. The molecule has 0 spiro atoms.